The molecule has 0 aromatic heterocycles. The molecule has 3 heteroatoms. The fourth-order valence-electron chi connectivity index (χ4n) is 3.97. The van der Waals surface area contributed by atoms with E-state index in [4.69, 9.17) is 0 Å². The van der Waals surface area contributed by atoms with Gasteiger partial charge in [-0.1, -0.05) is 27.7 Å². The van der Waals surface area contributed by atoms with Crippen molar-refractivity contribution < 1.29 is 5.11 Å². The summed E-state index contributed by atoms with van der Waals surface area (Å²) in [4.78, 5) is 2.67. The summed E-state index contributed by atoms with van der Waals surface area (Å²) in [5, 5.41) is 14.1. The molecule has 2 aliphatic rings. The highest BCUT2D eigenvalue weighted by atomic mass is 16.3. The normalized spacial score (nSPS) is 35.7. The first-order valence-corrected chi connectivity index (χ1v) is 9.15. The second-order valence-electron chi connectivity index (χ2n) is 7.99. The maximum Gasteiger partial charge on any atom is 0.0578 e. The quantitative estimate of drug-likeness (QED) is 0.758. The molecule has 2 fully saturated rings. The first kappa shape index (κ1) is 17.2. The van der Waals surface area contributed by atoms with Gasteiger partial charge in [-0.25, -0.2) is 0 Å². The van der Waals surface area contributed by atoms with Gasteiger partial charge in [-0.3, -0.25) is 4.90 Å². The Bertz CT molecular complexity index is 302. The predicted molar refractivity (Wildman–Crippen MR) is 89.4 cm³/mol. The van der Waals surface area contributed by atoms with Crippen molar-refractivity contribution in [3.63, 3.8) is 0 Å². The fraction of sp³-hybridized carbons (Fsp3) is 1.00. The Labute approximate surface area is 131 Å². The Morgan fingerprint density at radius 1 is 1.19 bits per heavy atom. The molecule has 1 saturated heterocycles. The van der Waals surface area contributed by atoms with Crippen LogP contribution in [-0.2, 0) is 0 Å². The summed E-state index contributed by atoms with van der Waals surface area (Å²) in [7, 11) is 0. The van der Waals surface area contributed by atoms with Crippen molar-refractivity contribution >= 4 is 0 Å². The smallest absolute Gasteiger partial charge is 0.0578 e. The van der Waals surface area contributed by atoms with Crippen LogP contribution in [0.2, 0.25) is 0 Å². The van der Waals surface area contributed by atoms with Crippen LogP contribution in [0.1, 0.15) is 59.8 Å². The minimum absolute atomic E-state index is 0.125. The van der Waals surface area contributed by atoms with Crippen LogP contribution in [0.15, 0.2) is 0 Å². The Morgan fingerprint density at radius 3 is 2.48 bits per heavy atom. The van der Waals surface area contributed by atoms with Gasteiger partial charge >= 0.3 is 0 Å². The van der Waals surface area contributed by atoms with E-state index in [9.17, 15) is 5.11 Å². The molecule has 21 heavy (non-hydrogen) atoms. The first-order valence-electron chi connectivity index (χ1n) is 9.15. The molecule has 2 rings (SSSR count). The summed E-state index contributed by atoms with van der Waals surface area (Å²) in [6.45, 7) is 12.4. The van der Waals surface area contributed by atoms with Crippen LogP contribution in [0, 0.1) is 17.8 Å². The van der Waals surface area contributed by atoms with Gasteiger partial charge in [0.15, 0.2) is 0 Å². The van der Waals surface area contributed by atoms with E-state index in [0.29, 0.717) is 12.0 Å². The monoisotopic (exact) mass is 296 g/mol. The van der Waals surface area contributed by atoms with Crippen molar-refractivity contribution in [3.05, 3.63) is 0 Å². The molecule has 124 valence electrons. The molecule has 0 bridgehead atoms. The number of hydrogen-bond donors (Lipinski definition) is 2. The van der Waals surface area contributed by atoms with Crippen LogP contribution in [0.25, 0.3) is 0 Å². The zero-order valence-corrected chi connectivity index (χ0v) is 14.5. The van der Waals surface area contributed by atoms with Gasteiger partial charge in [-0.05, 0) is 56.4 Å². The third-order valence-electron chi connectivity index (χ3n) is 5.49. The van der Waals surface area contributed by atoms with Gasteiger partial charge in [0.1, 0.15) is 0 Å². The Morgan fingerprint density at radius 2 is 1.90 bits per heavy atom. The number of aliphatic hydroxyl groups excluding tert-OH is 1. The third-order valence-corrected chi connectivity index (χ3v) is 5.49. The predicted octanol–water partition coefficient (Wildman–Crippen LogP) is 2.88. The first-order chi connectivity index (χ1) is 9.99. The van der Waals surface area contributed by atoms with Crippen molar-refractivity contribution in [2.75, 3.05) is 19.6 Å². The lowest BCUT2D eigenvalue weighted by Crippen LogP contribution is -2.57. The summed E-state index contributed by atoms with van der Waals surface area (Å²) >= 11 is 0. The van der Waals surface area contributed by atoms with E-state index in [1.165, 1.54) is 25.8 Å². The number of rotatable bonds is 7. The van der Waals surface area contributed by atoms with Crippen LogP contribution in [-0.4, -0.2) is 47.8 Å². The number of likely N-dealkylation sites (tertiary alicyclic amines) is 1. The van der Waals surface area contributed by atoms with Gasteiger partial charge in [0, 0.05) is 25.2 Å². The van der Waals surface area contributed by atoms with E-state index in [1.807, 2.05) is 0 Å². The number of piperidine rings is 1. The molecule has 1 saturated carbocycles. The molecule has 3 nitrogen and oxygen atoms in total. The summed E-state index contributed by atoms with van der Waals surface area (Å²) in [6, 6.07) is 1.35. The highest BCUT2D eigenvalue weighted by Gasteiger charge is 2.37. The molecule has 0 spiro atoms. The highest BCUT2D eigenvalue weighted by molar-refractivity contribution is 4.93. The number of nitrogens with one attached hydrogen (secondary N) is 1. The summed E-state index contributed by atoms with van der Waals surface area (Å²) in [6.07, 6.45) is 5.86. The second-order valence-corrected chi connectivity index (χ2v) is 7.99. The van der Waals surface area contributed by atoms with Gasteiger partial charge in [-0.15, -0.1) is 0 Å². The molecule has 3 atom stereocenters. The largest absolute Gasteiger partial charge is 0.393 e. The molecule has 0 aromatic carbocycles. The Kier molecular flexibility index (Phi) is 6.51. The topological polar surface area (TPSA) is 35.5 Å². The van der Waals surface area contributed by atoms with Crippen molar-refractivity contribution in [2.45, 2.75) is 78.0 Å². The SMILES string of the molecule is CCC(O)C1CC(NCCC(C)C)CN(C2CC(C)C2)C1. The molecule has 1 aliphatic heterocycles. The average Bonchev–Trinajstić information content (AvgIpc) is 2.42. The van der Waals surface area contributed by atoms with Gasteiger partial charge in [0.25, 0.3) is 0 Å². The molecule has 0 radical (unpaired) electrons. The number of aliphatic hydroxyl groups is 1. The third kappa shape index (κ3) is 4.94. The van der Waals surface area contributed by atoms with Gasteiger partial charge < -0.3 is 10.4 Å². The lowest BCUT2D eigenvalue weighted by Gasteiger charge is -2.48. The average molecular weight is 296 g/mol. The summed E-state index contributed by atoms with van der Waals surface area (Å²) in [5.41, 5.74) is 0. The molecule has 1 heterocycles. The van der Waals surface area contributed by atoms with E-state index in [-0.39, 0.29) is 6.10 Å². The lowest BCUT2D eigenvalue weighted by molar-refractivity contribution is -0.00930. The lowest BCUT2D eigenvalue weighted by atomic mass is 9.78. The van der Waals surface area contributed by atoms with Gasteiger partial charge in [0.2, 0.25) is 0 Å². The van der Waals surface area contributed by atoms with Crippen LogP contribution in [0.3, 0.4) is 0 Å². The van der Waals surface area contributed by atoms with Gasteiger partial charge in [-0.2, -0.15) is 0 Å². The Hall–Kier alpha value is -0.120. The van der Waals surface area contributed by atoms with Crippen molar-refractivity contribution in [1.82, 2.24) is 10.2 Å². The van der Waals surface area contributed by atoms with Crippen molar-refractivity contribution in [2.24, 2.45) is 17.8 Å². The molecular formula is C18H36N2O. The zero-order chi connectivity index (χ0) is 15.4. The maximum atomic E-state index is 10.3. The molecule has 0 amide bonds. The van der Waals surface area contributed by atoms with E-state index in [2.05, 4.69) is 37.9 Å². The molecule has 2 N–H and O–H groups in total. The summed E-state index contributed by atoms with van der Waals surface area (Å²) in [5.74, 6) is 2.12. The van der Waals surface area contributed by atoms with Gasteiger partial charge in [0.05, 0.1) is 6.10 Å². The summed E-state index contributed by atoms with van der Waals surface area (Å²) < 4.78 is 0. The van der Waals surface area contributed by atoms with Crippen LogP contribution in [0.5, 0.6) is 0 Å². The zero-order valence-electron chi connectivity index (χ0n) is 14.5. The van der Waals surface area contributed by atoms with Crippen molar-refractivity contribution in [1.29, 1.82) is 0 Å². The maximum absolute atomic E-state index is 10.3. The number of hydrogen-bond acceptors (Lipinski definition) is 3. The number of nitrogens with zero attached hydrogens (tertiary/aromatic N) is 1. The standard InChI is InChI=1S/C18H36N2O/c1-5-18(21)15-10-16(19-7-6-13(2)3)12-20(11-15)17-8-14(4)9-17/h13-19,21H,5-12H2,1-4H3. The van der Waals surface area contributed by atoms with Crippen LogP contribution >= 0.6 is 0 Å². The minimum Gasteiger partial charge on any atom is -0.393 e. The fourth-order valence-corrected chi connectivity index (χ4v) is 3.97. The molecule has 3 unspecified atom stereocenters. The van der Waals surface area contributed by atoms with E-state index in [1.54, 1.807) is 0 Å². The molecule has 1 aliphatic carbocycles. The van der Waals surface area contributed by atoms with Crippen LogP contribution in [0.4, 0.5) is 0 Å². The highest BCUT2D eigenvalue weighted by Crippen LogP contribution is 2.34. The van der Waals surface area contributed by atoms with E-state index < -0.39 is 0 Å². The molecular weight excluding hydrogens is 260 g/mol. The Balaban J connectivity index is 1.87. The van der Waals surface area contributed by atoms with Crippen LogP contribution < -0.4 is 5.32 Å². The minimum atomic E-state index is -0.125. The van der Waals surface area contributed by atoms with E-state index >= 15 is 0 Å². The molecule has 0 aromatic rings. The van der Waals surface area contributed by atoms with E-state index in [0.717, 1.165) is 43.8 Å². The van der Waals surface area contributed by atoms with Crippen molar-refractivity contribution in [3.8, 4) is 0 Å². The second kappa shape index (κ2) is 7.94.